The molecule has 0 aliphatic carbocycles. The smallest absolute Gasteiger partial charge is 0.0713 e. The van der Waals surface area contributed by atoms with Crippen molar-refractivity contribution >= 4 is 0 Å². The first kappa shape index (κ1) is 18.1. The second-order valence-corrected chi connectivity index (χ2v) is 6.67. The van der Waals surface area contributed by atoms with E-state index in [0.717, 1.165) is 13.1 Å². The van der Waals surface area contributed by atoms with Crippen LogP contribution in [-0.4, -0.2) is 31.6 Å². The lowest BCUT2D eigenvalue weighted by atomic mass is 10.0. The Labute approximate surface area is 130 Å². The Morgan fingerprint density at radius 1 is 1.00 bits per heavy atom. The molecule has 0 amide bonds. The van der Waals surface area contributed by atoms with Crippen molar-refractivity contribution in [3.05, 3.63) is 35.4 Å². The molecule has 0 spiro atoms. The Morgan fingerprint density at radius 3 is 1.90 bits per heavy atom. The van der Waals surface area contributed by atoms with Crippen LogP contribution in [-0.2, 0) is 11.3 Å². The highest BCUT2D eigenvalue weighted by molar-refractivity contribution is 5.25. The number of hydrogen-bond acceptors (Lipinski definition) is 3. The van der Waals surface area contributed by atoms with Gasteiger partial charge in [0, 0.05) is 32.8 Å². The predicted molar refractivity (Wildman–Crippen MR) is 90.2 cm³/mol. The van der Waals surface area contributed by atoms with Crippen molar-refractivity contribution in [3.63, 3.8) is 0 Å². The van der Waals surface area contributed by atoms with E-state index in [1.54, 1.807) is 7.11 Å². The van der Waals surface area contributed by atoms with Gasteiger partial charge < -0.3 is 10.5 Å². The average molecular weight is 292 g/mol. The van der Waals surface area contributed by atoms with E-state index in [0.29, 0.717) is 31.0 Å². The Morgan fingerprint density at radius 2 is 1.52 bits per heavy atom. The molecule has 1 unspecified atom stereocenters. The minimum absolute atomic E-state index is 0.298. The predicted octanol–water partition coefficient (Wildman–Crippen LogP) is 3.45. The molecule has 0 bridgehead atoms. The molecule has 0 radical (unpaired) electrons. The van der Waals surface area contributed by atoms with Gasteiger partial charge in [-0.2, -0.15) is 0 Å². The quantitative estimate of drug-likeness (QED) is 0.757. The van der Waals surface area contributed by atoms with Gasteiger partial charge in [0.15, 0.2) is 0 Å². The molecule has 0 aliphatic heterocycles. The average Bonchev–Trinajstić information content (AvgIpc) is 2.40. The lowest BCUT2D eigenvalue weighted by Gasteiger charge is -2.34. The van der Waals surface area contributed by atoms with Crippen LogP contribution in [0.5, 0.6) is 0 Å². The van der Waals surface area contributed by atoms with Crippen molar-refractivity contribution in [3.8, 4) is 0 Å². The zero-order valence-electron chi connectivity index (χ0n) is 14.3. The first-order valence-electron chi connectivity index (χ1n) is 7.99. The van der Waals surface area contributed by atoms with Crippen molar-refractivity contribution < 1.29 is 4.74 Å². The molecule has 0 saturated heterocycles. The molecule has 1 atom stereocenters. The van der Waals surface area contributed by atoms with Crippen LogP contribution in [0, 0.1) is 11.8 Å². The fraction of sp³-hybridized carbons (Fsp3) is 0.667. The third-order valence-corrected chi connectivity index (χ3v) is 3.54. The van der Waals surface area contributed by atoms with E-state index in [2.05, 4.69) is 56.9 Å². The molecular formula is C18H32N2O. The Bertz CT molecular complexity index is 377. The highest BCUT2D eigenvalue weighted by Crippen LogP contribution is 2.23. The van der Waals surface area contributed by atoms with Crippen LogP contribution in [0.1, 0.15) is 44.9 Å². The van der Waals surface area contributed by atoms with Gasteiger partial charge in [0.05, 0.1) is 6.61 Å². The van der Waals surface area contributed by atoms with E-state index in [4.69, 9.17) is 10.5 Å². The van der Waals surface area contributed by atoms with Gasteiger partial charge in [0.1, 0.15) is 0 Å². The lowest BCUT2D eigenvalue weighted by Crippen LogP contribution is -2.38. The Balaban J connectivity index is 2.89. The van der Waals surface area contributed by atoms with Gasteiger partial charge in [0.2, 0.25) is 0 Å². The maximum atomic E-state index is 6.09. The summed E-state index contributed by atoms with van der Waals surface area (Å²) in [6.07, 6.45) is 0. The summed E-state index contributed by atoms with van der Waals surface area (Å²) in [6.45, 7) is 12.6. The molecule has 2 N–H and O–H groups in total. The Kier molecular flexibility index (Phi) is 7.94. The molecule has 120 valence electrons. The maximum absolute atomic E-state index is 6.09. The largest absolute Gasteiger partial charge is 0.380 e. The molecular weight excluding hydrogens is 260 g/mol. The van der Waals surface area contributed by atoms with Crippen molar-refractivity contribution in [2.45, 2.75) is 40.3 Å². The van der Waals surface area contributed by atoms with Crippen LogP contribution in [0.2, 0.25) is 0 Å². The van der Waals surface area contributed by atoms with Crippen LogP contribution in [0.15, 0.2) is 24.3 Å². The van der Waals surface area contributed by atoms with Crippen molar-refractivity contribution in [2.24, 2.45) is 17.6 Å². The van der Waals surface area contributed by atoms with Crippen molar-refractivity contribution in [1.82, 2.24) is 4.90 Å². The summed E-state index contributed by atoms with van der Waals surface area (Å²) in [6, 6.07) is 8.97. The highest BCUT2D eigenvalue weighted by atomic mass is 16.5. The van der Waals surface area contributed by atoms with E-state index < -0.39 is 0 Å². The van der Waals surface area contributed by atoms with Gasteiger partial charge in [-0.3, -0.25) is 4.90 Å². The standard InChI is InChI=1S/C18H32N2O/c1-14(2)11-20(12-15(3)4)18(10-19)17-8-6-16(7-9-17)13-21-5/h6-9,14-15,18H,10-13,19H2,1-5H3. The monoisotopic (exact) mass is 292 g/mol. The highest BCUT2D eigenvalue weighted by Gasteiger charge is 2.20. The fourth-order valence-electron chi connectivity index (χ4n) is 2.77. The fourth-order valence-corrected chi connectivity index (χ4v) is 2.77. The molecule has 0 aromatic heterocycles. The first-order chi connectivity index (χ1) is 9.97. The van der Waals surface area contributed by atoms with E-state index in [1.807, 2.05) is 0 Å². The lowest BCUT2D eigenvalue weighted by molar-refractivity contribution is 0.160. The summed E-state index contributed by atoms with van der Waals surface area (Å²) in [5, 5.41) is 0. The van der Waals surface area contributed by atoms with Crippen LogP contribution in [0.3, 0.4) is 0 Å². The molecule has 1 rings (SSSR count). The second kappa shape index (κ2) is 9.19. The van der Waals surface area contributed by atoms with Gasteiger partial charge >= 0.3 is 0 Å². The topological polar surface area (TPSA) is 38.5 Å². The zero-order chi connectivity index (χ0) is 15.8. The van der Waals surface area contributed by atoms with Crippen LogP contribution < -0.4 is 5.73 Å². The van der Waals surface area contributed by atoms with Crippen LogP contribution in [0.25, 0.3) is 0 Å². The second-order valence-electron chi connectivity index (χ2n) is 6.67. The summed E-state index contributed by atoms with van der Waals surface area (Å²) in [5.41, 5.74) is 8.60. The third kappa shape index (κ3) is 6.16. The maximum Gasteiger partial charge on any atom is 0.0713 e. The zero-order valence-corrected chi connectivity index (χ0v) is 14.3. The number of benzene rings is 1. The summed E-state index contributed by atoms with van der Waals surface area (Å²) < 4.78 is 5.17. The molecule has 0 aliphatic rings. The molecule has 3 heteroatoms. The van der Waals surface area contributed by atoms with Gasteiger partial charge in [-0.05, 0) is 23.0 Å². The van der Waals surface area contributed by atoms with Crippen LogP contribution in [0.4, 0.5) is 0 Å². The minimum Gasteiger partial charge on any atom is -0.380 e. The molecule has 1 aromatic rings. The number of nitrogens with two attached hydrogens (primary N) is 1. The third-order valence-electron chi connectivity index (χ3n) is 3.54. The molecule has 0 fully saturated rings. The minimum atomic E-state index is 0.298. The van der Waals surface area contributed by atoms with Crippen LogP contribution >= 0.6 is 0 Å². The van der Waals surface area contributed by atoms with E-state index in [1.165, 1.54) is 11.1 Å². The van der Waals surface area contributed by atoms with Gasteiger partial charge in [-0.1, -0.05) is 52.0 Å². The van der Waals surface area contributed by atoms with E-state index in [9.17, 15) is 0 Å². The van der Waals surface area contributed by atoms with E-state index in [-0.39, 0.29) is 0 Å². The molecule has 0 heterocycles. The van der Waals surface area contributed by atoms with Gasteiger partial charge in [-0.25, -0.2) is 0 Å². The first-order valence-corrected chi connectivity index (χ1v) is 7.99. The molecule has 3 nitrogen and oxygen atoms in total. The summed E-state index contributed by atoms with van der Waals surface area (Å²) in [4.78, 5) is 2.53. The summed E-state index contributed by atoms with van der Waals surface area (Å²) >= 11 is 0. The van der Waals surface area contributed by atoms with Crippen molar-refractivity contribution in [2.75, 3.05) is 26.7 Å². The molecule has 1 aromatic carbocycles. The normalized spacial score (nSPS) is 13.4. The SMILES string of the molecule is COCc1ccc(C(CN)N(CC(C)C)CC(C)C)cc1. The number of ether oxygens (including phenoxy) is 1. The number of methoxy groups -OCH3 is 1. The Hall–Kier alpha value is -0.900. The van der Waals surface area contributed by atoms with Crippen molar-refractivity contribution in [1.29, 1.82) is 0 Å². The van der Waals surface area contributed by atoms with Gasteiger partial charge in [0.25, 0.3) is 0 Å². The van der Waals surface area contributed by atoms with Gasteiger partial charge in [-0.15, -0.1) is 0 Å². The summed E-state index contributed by atoms with van der Waals surface area (Å²) in [7, 11) is 1.73. The summed E-state index contributed by atoms with van der Waals surface area (Å²) in [5.74, 6) is 1.29. The molecule has 21 heavy (non-hydrogen) atoms. The molecule has 0 saturated carbocycles. The number of rotatable bonds is 9. The number of hydrogen-bond donors (Lipinski definition) is 1. The number of nitrogens with zero attached hydrogens (tertiary/aromatic N) is 1. The van der Waals surface area contributed by atoms with E-state index >= 15 is 0 Å².